The zero-order chi connectivity index (χ0) is 16.8. The summed E-state index contributed by atoms with van der Waals surface area (Å²) in [5.74, 6) is 2.57. The van der Waals surface area contributed by atoms with Crippen LogP contribution in [0.3, 0.4) is 0 Å². The molecule has 0 amide bonds. The van der Waals surface area contributed by atoms with Crippen molar-refractivity contribution in [1.82, 2.24) is 10.2 Å². The Hall–Kier alpha value is -1.28. The standard InChI is InChI=1S/C19H27N3O2.HI/c1-3-20-19(22(2)10-11-23-14-15-8-9-15)21-13-17-12-16-6-4-5-7-18(16)24-17;/h4-7,12,15H,3,8-11,13-14H2,1-2H3,(H,20,21);1H. The van der Waals surface area contributed by atoms with Gasteiger partial charge in [0.2, 0.25) is 0 Å². The van der Waals surface area contributed by atoms with Gasteiger partial charge in [-0.25, -0.2) is 4.99 Å². The molecule has 1 saturated carbocycles. The number of furan rings is 1. The molecule has 0 radical (unpaired) electrons. The van der Waals surface area contributed by atoms with Crippen LogP contribution < -0.4 is 5.32 Å². The zero-order valence-corrected chi connectivity index (χ0v) is 17.4. The Balaban J connectivity index is 0.00000225. The summed E-state index contributed by atoms with van der Waals surface area (Å²) in [6.45, 7) is 5.92. The molecule has 0 bridgehead atoms. The average molecular weight is 457 g/mol. The molecule has 1 aromatic heterocycles. The molecule has 3 rings (SSSR count). The largest absolute Gasteiger partial charge is 0.459 e. The van der Waals surface area contributed by atoms with Gasteiger partial charge in [0, 0.05) is 32.1 Å². The summed E-state index contributed by atoms with van der Waals surface area (Å²) >= 11 is 0. The Morgan fingerprint density at radius 1 is 1.36 bits per heavy atom. The van der Waals surface area contributed by atoms with Crippen molar-refractivity contribution in [3.05, 3.63) is 36.1 Å². The van der Waals surface area contributed by atoms with Crippen LogP contribution in [0.4, 0.5) is 0 Å². The molecule has 0 aliphatic heterocycles. The number of rotatable bonds is 8. The first kappa shape index (κ1) is 20.0. The van der Waals surface area contributed by atoms with Crippen LogP contribution in [0.25, 0.3) is 11.0 Å². The van der Waals surface area contributed by atoms with Crippen LogP contribution in [0.15, 0.2) is 39.7 Å². The van der Waals surface area contributed by atoms with Gasteiger partial charge in [-0.2, -0.15) is 0 Å². The number of likely N-dealkylation sites (N-methyl/N-ethyl adjacent to an activating group) is 1. The highest BCUT2D eigenvalue weighted by molar-refractivity contribution is 14.0. The number of hydrogen-bond acceptors (Lipinski definition) is 3. The van der Waals surface area contributed by atoms with E-state index in [0.717, 1.165) is 54.9 Å². The molecule has 0 atom stereocenters. The van der Waals surface area contributed by atoms with Crippen molar-refractivity contribution < 1.29 is 9.15 Å². The molecule has 1 aliphatic rings. The van der Waals surface area contributed by atoms with Gasteiger partial charge in [0.1, 0.15) is 17.9 Å². The maximum Gasteiger partial charge on any atom is 0.194 e. The highest BCUT2D eigenvalue weighted by atomic mass is 127. The van der Waals surface area contributed by atoms with Crippen LogP contribution >= 0.6 is 24.0 Å². The maximum atomic E-state index is 5.83. The van der Waals surface area contributed by atoms with Crippen molar-refractivity contribution >= 4 is 40.9 Å². The number of halogens is 1. The van der Waals surface area contributed by atoms with Crippen LogP contribution in [-0.2, 0) is 11.3 Å². The number of guanidine groups is 1. The maximum absolute atomic E-state index is 5.83. The molecule has 25 heavy (non-hydrogen) atoms. The first-order valence-corrected chi connectivity index (χ1v) is 8.81. The van der Waals surface area contributed by atoms with Gasteiger partial charge in [-0.15, -0.1) is 24.0 Å². The fourth-order valence-electron chi connectivity index (χ4n) is 2.58. The molecule has 2 aromatic rings. The lowest BCUT2D eigenvalue weighted by atomic mass is 10.2. The van der Waals surface area contributed by atoms with E-state index >= 15 is 0 Å². The summed E-state index contributed by atoms with van der Waals surface area (Å²) in [6, 6.07) is 10.1. The van der Waals surface area contributed by atoms with Crippen molar-refractivity contribution in [3.8, 4) is 0 Å². The van der Waals surface area contributed by atoms with Gasteiger partial charge in [0.05, 0.1) is 6.61 Å². The molecule has 1 fully saturated rings. The molecule has 5 nitrogen and oxygen atoms in total. The predicted molar refractivity (Wildman–Crippen MR) is 113 cm³/mol. The Morgan fingerprint density at radius 3 is 2.88 bits per heavy atom. The SMILES string of the molecule is CCNC(=NCc1cc2ccccc2o1)N(C)CCOCC1CC1.I. The minimum atomic E-state index is 0. The summed E-state index contributed by atoms with van der Waals surface area (Å²) in [7, 11) is 2.04. The van der Waals surface area contributed by atoms with Crippen molar-refractivity contribution in [3.63, 3.8) is 0 Å². The number of hydrogen-bond donors (Lipinski definition) is 1. The number of nitrogens with zero attached hydrogens (tertiary/aromatic N) is 2. The molecule has 1 heterocycles. The normalized spacial score (nSPS) is 14.4. The van der Waals surface area contributed by atoms with Crippen LogP contribution in [0.2, 0.25) is 0 Å². The summed E-state index contributed by atoms with van der Waals surface area (Å²) in [4.78, 5) is 6.80. The average Bonchev–Trinajstić information content (AvgIpc) is 3.32. The van der Waals surface area contributed by atoms with Gasteiger partial charge in [0.15, 0.2) is 5.96 Å². The zero-order valence-electron chi connectivity index (χ0n) is 15.0. The molecule has 1 aliphatic carbocycles. The third kappa shape index (κ3) is 6.18. The molecule has 1 aromatic carbocycles. The van der Waals surface area contributed by atoms with E-state index in [1.54, 1.807) is 0 Å². The second kappa shape index (κ2) is 10.0. The third-order valence-corrected chi connectivity index (χ3v) is 4.18. The van der Waals surface area contributed by atoms with Gasteiger partial charge in [-0.05, 0) is 37.8 Å². The minimum absolute atomic E-state index is 0. The molecule has 0 saturated heterocycles. The summed E-state index contributed by atoms with van der Waals surface area (Å²) in [5, 5.41) is 4.45. The van der Waals surface area contributed by atoms with Crippen LogP contribution in [0, 0.1) is 5.92 Å². The molecule has 1 N–H and O–H groups in total. The quantitative estimate of drug-likeness (QED) is 0.283. The van der Waals surface area contributed by atoms with Crippen molar-refractivity contribution in [1.29, 1.82) is 0 Å². The van der Waals surface area contributed by atoms with E-state index < -0.39 is 0 Å². The minimum Gasteiger partial charge on any atom is -0.459 e. The number of nitrogens with one attached hydrogen (secondary N) is 1. The van der Waals surface area contributed by atoms with Crippen LogP contribution in [0.1, 0.15) is 25.5 Å². The van der Waals surface area contributed by atoms with Gasteiger partial charge >= 0.3 is 0 Å². The monoisotopic (exact) mass is 457 g/mol. The molecule has 0 spiro atoms. The fourth-order valence-corrected chi connectivity index (χ4v) is 2.58. The molecule has 6 heteroatoms. The van der Waals surface area contributed by atoms with E-state index in [0.29, 0.717) is 6.54 Å². The van der Waals surface area contributed by atoms with Gasteiger partial charge < -0.3 is 19.4 Å². The second-order valence-electron chi connectivity index (χ2n) is 6.36. The molecular formula is C19H28IN3O2. The lowest BCUT2D eigenvalue weighted by Gasteiger charge is -2.21. The fraction of sp³-hybridized carbons (Fsp3) is 0.526. The predicted octanol–water partition coefficient (Wildman–Crippen LogP) is 3.87. The molecular weight excluding hydrogens is 429 g/mol. The van der Waals surface area contributed by atoms with E-state index in [1.165, 1.54) is 12.8 Å². The lowest BCUT2D eigenvalue weighted by Crippen LogP contribution is -2.40. The smallest absolute Gasteiger partial charge is 0.194 e. The van der Waals surface area contributed by atoms with E-state index in [4.69, 9.17) is 9.15 Å². The van der Waals surface area contributed by atoms with Crippen molar-refractivity contribution in [2.75, 3.05) is 33.4 Å². The van der Waals surface area contributed by atoms with E-state index in [2.05, 4.69) is 34.3 Å². The third-order valence-electron chi connectivity index (χ3n) is 4.18. The van der Waals surface area contributed by atoms with E-state index in [1.807, 2.05) is 25.2 Å². The number of ether oxygens (including phenoxy) is 1. The number of para-hydroxylation sites is 1. The summed E-state index contributed by atoms with van der Waals surface area (Å²) < 4.78 is 11.5. The summed E-state index contributed by atoms with van der Waals surface area (Å²) in [5.41, 5.74) is 0.912. The van der Waals surface area contributed by atoms with Gasteiger partial charge in [-0.3, -0.25) is 0 Å². The van der Waals surface area contributed by atoms with E-state index in [-0.39, 0.29) is 24.0 Å². The molecule has 138 valence electrons. The molecule has 0 unspecified atom stereocenters. The highest BCUT2D eigenvalue weighted by Crippen LogP contribution is 2.28. The Kier molecular flexibility index (Phi) is 8.02. The van der Waals surface area contributed by atoms with Crippen LogP contribution in [0.5, 0.6) is 0 Å². The second-order valence-corrected chi connectivity index (χ2v) is 6.36. The number of aliphatic imine (C=N–C) groups is 1. The van der Waals surface area contributed by atoms with Gasteiger partial charge in [0.25, 0.3) is 0 Å². The summed E-state index contributed by atoms with van der Waals surface area (Å²) in [6.07, 6.45) is 2.66. The van der Waals surface area contributed by atoms with Gasteiger partial charge in [-0.1, -0.05) is 18.2 Å². The van der Waals surface area contributed by atoms with Crippen molar-refractivity contribution in [2.45, 2.75) is 26.3 Å². The van der Waals surface area contributed by atoms with Crippen molar-refractivity contribution in [2.24, 2.45) is 10.9 Å². The first-order chi connectivity index (χ1) is 11.8. The Labute approximate surface area is 166 Å². The Morgan fingerprint density at radius 2 is 2.16 bits per heavy atom. The number of benzene rings is 1. The van der Waals surface area contributed by atoms with E-state index in [9.17, 15) is 0 Å². The Bertz CT molecular complexity index is 649. The van der Waals surface area contributed by atoms with Crippen LogP contribution in [-0.4, -0.2) is 44.2 Å². The highest BCUT2D eigenvalue weighted by Gasteiger charge is 2.21. The first-order valence-electron chi connectivity index (χ1n) is 8.81. The number of fused-ring (bicyclic) bond motifs is 1. The lowest BCUT2D eigenvalue weighted by molar-refractivity contribution is 0.115. The topological polar surface area (TPSA) is 50.0 Å².